The van der Waals surface area contributed by atoms with Gasteiger partial charge >= 0.3 is 0 Å². The zero-order valence-electron chi connectivity index (χ0n) is 11.5. The summed E-state index contributed by atoms with van der Waals surface area (Å²) in [6.45, 7) is 0. The molecule has 1 heterocycles. The van der Waals surface area contributed by atoms with E-state index in [0.717, 1.165) is 0 Å². The van der Waals surface area contributed by atoms with Crippen LogP contribution in [-0.4, -0.2) is 31.7 Å². The van der Waals surface area contributed by atoms with E-state index in [4.69, 9.17) is 21.1 Å². The number of hydrogen-bond acceptors (Lipinski definition) is 5. The third-order valence-electron chi connectivity index (χ3n) is 2.89. The zero-order chi connectivity index (χ0) is 15.4. The van der Waals surface area contributed by atoms with Gasteiger partial charge in [0.15, 0.2) is 11.5 Å². The van der Waals surface area contributed by atoms with Crippen LogP contribution in [0.5, 0.6) is 11.5 Å². The van der Waals surface area contributed by atoms with Gasteiger partial charge in [-0.15, -0.1) is 0 Å². The van der Waals surface area contributed by atoms with Gasteiger partial charge in [0.2, 0.25) is 5.91 Å². The van der Waals surface area contributed by atoms with E-state index in [1.807, 2.05) is 0 Å². The highest BCUT2D eigenvalue weighted by molar-refractivity contribution is 6.44. The van der Waals surface area contributed by atoms with E-state index in [-0.39, 0.29) is 24.5 Å². The molecule has 2 rings (SSSR count). The van der Waals surface area contributed by atoms with Crippen molar-refractivity contribution < 1.29 is 19.1 Å². The first-order chi connectivity index (χ1) is 10.0. The van der Waals surface area contributed by atoms with Gasteiger partial charge in [0.1, 0.15) is 5.71 Å². The van der Waals surface area contributed by atoms with E-state index in [1.165, 1.54) is 14.2 Å². The van der Waals surface area contributed by atoms with E-state index in [2.05, 4.69) is 15.8 Å². The number of halogens is 1. The van der Waals surface area contributed by atoms with E-state index in [9.17, 15) is 9.59 Å². The van der Waals surface area contributed by atoms with Crippen molar-refractivity contribution in [2.45, 2.75) is 12.8 Å². The summed E-state index contributed by atoms with van der Waals surface area (Å²) in [6.07, 6.45) is 0.508. The Morgan fingerprint density at radius 1 is 1.29 bits per heavy atom. The molecule has 2 amide bonds. The molecule has 0 radical (unpaired) electrons. The quantitative estimate of drug-likeness (QED) is 0.883. The van der Waals surface area contributed by atoms with Crippen molar-refractivity contribution in [2.75, 3.05) is 19.5 Å². The van der Waals surface area contributed by atoms with Gasteiger partial charge in [-0.05, 0) is 0 Å². The van der Waals surface area contributed by atoms with Crippen molar-refractivity contribution in [2.24, 2.45) is 5.10 Å². The minimum Gasteiger partial charge on any atom is -0.493 e. The molecular weight excluding hydrogens is 298 g/mol. The van der Waals surface area contributed by atoms with E-state index in [1.54, 1.807) is 12.1 Å². The summed E-state index contributed by atoms with van der Waals surface area (Å²) in [5.41, 5.74) is 2.88. The molecule has 21 heavy (non-hydrogen) atoms. The van der Waals surface area contributed by atoms with Crippen molar-refractivity contribution in [1.82, 2.24) is 5.43 Å². The third kappa shape index (κ3) is 3.43. The van der Waals surface area contributed by atoms with Crippen LogP contribution in [0.4, 0.5) is 5.69 Å². The van der Waals surface area contributed by atoms with Crippen LogP contribution in [0.3, 0.4) is 0 Å². The Morgan fingerprint density at radius 3 is 2.52 bits per heavy atom. The van der Waals surface area contributed by atoms with E-state index < -0.39 is 5.91 Å². The van der Waals surface area contributed by atoms with Crippen molar-refractivity contribution in [1.29, 1.82) is 0 Å². The fraction of sp³-hybridized carbons (Fsp3) is 0.308. The van der Waals surface area contributed by atoms with Crippen molar-refractivity contribution in [3.63, 3.8) is 0 Å². The predicted molar refractivity (Wildman–Crippen MR) is 78.0 cm³/mol. The number of nitrogens with zero attached hydrogens (tertiary/aromatic N) is 1. The molecule has 1 aromatic rings. The molecule has 1 aliphatic rings. The number of hydrogen-bond donors (Lipinski definition) is 2. The summed E-state index contributed by atoms with van der Waals surface area (Å²) in [4.78, 5) is 23.1. The van der Waals surface area contributed by atoms with Crippen LogP contribution in [0.2, 0.25) is 5.02 Å². The zero-order valence-corrected chi connectivity index (χ0v) is 12.3. The summed E-state index contributed by atoms with van der Waals surface area (Å²) in [5, 5.41) is 6.66. The lowest BCUT2D eigenvalue weighted by Crippen LogP contribution is -2.32. The van der Waals surface area contributed by atoms with E-state index >= 15 is 0 Å². The Hall–Kier alpha value is -2.28. The molecule has 2 N–H and O–H groups in total. The summed E-state index contributed by atoms with van der Waals surface area (Å²) < 4.78 is 10.3. The van der Waals surface area contributed by atoms with Gasteiger partial charge in [-0.25, -0.2) is 5.43 Å². The highest BCUT2D eigenvalue weighted by Gasteiger charge is 2.20. The Balaban J connectivity index is 2.19. The second kappa shape index (κ2) is 6.45. The first kappa shape index (κ1) is 15.1. The molecule has 0 atom stereocenters. The average Bonchev–Trinajstić information content (AvgIpc) is 2.49. The lowest BCUT2D eigenvalue weighted by Gasteiger charge is -2.14. The topological polar surface area (TPSA) is 89.0 Å². The van der Waals surface area contributed by atoms with Gasteiger partial charge in [-0.3, -0.25) is 9.59 Å². The smallest absolute Gasteiger partial charge is 0.271 e. The number of methoxy groups -OCH3 is 2. The van der Waals surface area contributed by atoms with E-state index in [0.29, 0.717) is 22.2 Å². The molecule has 0 unspecified atom stereocenters. The SMILES string of the molecule is COc1cc(Cl)c(NC(=O)C2=NNC(=O)CC2)cc1OC. The van der Waals surface area contributed by atoms with Gasteiger partial charge in [-0.1, -0.05) is 11.6 Å². The number of benzene rings is 1. The van der Waals surface area contributed by atoms with Crippen LogP contribution in [0.1, 0.15) is 12.8 Å². The number of anilines is 1. The summed E-state index contributed by atoms with van der Waals surface area (Å²) in [6, 6.07) is 3.10. The largest absolute Gasteiger partial charge is 0.493 e. The second-order valence-electron chi connectivity index (χ2n) is 4.23. The van der Waals surface area contributed by atoms with Crippen molar-refractivity contribution in [3.8, 4) is 11.5 Å². The van der Waals surface area contributed by atoms with Crippen molar-refractivity contribution in [3.05, 3.63) is 17.2 Å². The Morgan fingerprint density at radius 2 is 1.95 bits per heavy atom. The van der Waals surface area contributed by atoms with Crippen LogP contribution in [-0.2, 0) is 9.59 Å². The maximum Gasteiger partial charge on any atom is 0.271 e. The maximum absolute atomic E-state index is 12.1. The van der Waals surface area contributed by atoms with Crippen LogP contribution in [0.15, 0.2) is 17.2 Å². The first-order valence-corrected chi connectivity index (χ1v) is 6.51. The van der Waals surface area contributed by atoms with Gasteiger partial charge in [0, 0.05) is 25.0 Å². The predicted octanol–water partition coefficient (Wildman–Crippen LogP) is 1.56. The number of carbonyl (C=O) groups is 2. The molecular formula is C13H14ClN3O4. The third-order valence-corrected chi connectivity index (χ3v) is 3.20. The molecule has 0 bridgehead atoms. The Bertz CT molecular complexity index is 616. The molecule has 112 valence electrons. The minimum absolute atomic E-state index is 0.212. The highest BCUT2D eigenvalue weighted by atomic mass is 35.5. The molecule has 0 saturated heterocycles. The molecule has 7 nitrogen and oxygen atoms in total. The fourth-order valence-electron chi connectivity index (χ4n) is 1.78. The lowest BCUT2D eigenvalue weighted by atomic mass is 10.1. The lowest BCUT2D eigenvalue weighted by molar-refractivity contribution is -0.121. The molecule has 0 spiro atoms. The number of amides is 2. The highest BCUT2D eigenvalue weighted by Crippen LogP contribution is 2.36. The minimum atomic E-state index is -0.427. The van der Waals surface area contributed by atoms with Gasteiger partial charge in [0.25, 0.3) is 5.91 Å². The maximum atomic E-state index is 12.1. The Kier molecular flexibility index (Phi) is 4.64. The number of ether oxygens (including phenoxy) is 2. The molecule has 0 saturated carbocycles. The van der Waals surface area contributed by atoms with Gasteiger partial charge in [0.05, 0.1) is 24.9 Å². The monoisotopic (exact) mass is 311 g/mol. The normalized spacial score (nSPS) is 14.0. The number of nitrogens with one attached hydrogen (secondary N) is 2. The number of rotatable bonds is 4. The molecule has 0 aliphatic carbocycles. The number of hydrazone groups is 1. The molecule has 8 heteroatoms. The van der Waals surface area contributed by atoms with Crippen LogP contribution in [0.25, 0.3) is 0 Å². The van der Waals surface area contributed by atoms with Gasteiger partial charge in [-0.2, -0.15) is 5.10 Å². The molecule has 0 aromatic heterocycles. The summed E-state index contributed by atoms with van der Waals surface area (Å²) in [7, 11) is 2.98. The fourth-order valence-corrected chi connectivity index (χ4v) is 1.98. The summed E-state index contributed by atoms with van der Waals surface area (Å²) >= 11 is 6.08. The second-order valence-corrected chi connectivity index (χ2v) is 4.64. The van der Waals surface area contributed by atoms with Crippen molar-refractivity contribution >= 4 is 34.8 Å². The number of carbonyl (C=O) groups excluding carboxylic acids is 2. The standard InChI is InChI=1S/C13H14ClN3O4/c1-20-10-5-7(14)9(6-11(10)21-2)15-13(19)8-3-4-12(18)17-16-8/h5-6H,3-4H2,1-2H3,(H,15,19)(H,17,18). The van der Waals surface area contributed by atoms with Crippen LogP contribution >= 0.6 is 11.6 Å². The molecule has 0 fully saturated rings. The first-order valence-electron chi connectivity index (χ1n) is 6.13. The van der Waals surface area contributed by atoms with Gasteiger partial charge < -0.3 is 14.8 Å². The Labute approximate surface area is 126 Å². The summed E-state index contributed by atoms with van der Waals surface area (Å²) in [5.74, 6) is 0.263. The average molecular weight is 312 g/mol. The van der Waals surface area contributed by atoms with Crippen LogP contribution in [0, 0.1) is 0 Å². The molecule has 1 aromatic carbocycles. The van der Waals surface area contributed by atoms with Crippen LogP contribution < -0.4 is 20.2 Å². The molecule has 1 aliphatic heterocycles.